The fourth-order valence-electron chi connectivity index (χ4n) is 1.48. The second-order valence-electron chi connectivity index (χ2n) is 3.55. The Labute approximate surface area is 78.4 Å². The highest BCUT2D eigenvalue weighted by molar-refractivity contribution is 5.86. The summed E-state index contributed by atoms with van der Waals surface area (Å²) in [5, 5.41) is 8.73. The first-order valence-electron chi connectivity index (χ1n) is 4.62. The standard InChI is InChI=1S/C10H16O3/c1-7(8(2)10(11)12)6-9-4-3-5-13-9/h9H,3-6H2,1-2H3,(H,11,12). The van der Waals surface area contributed by atoms with Crippen molar-refractivity contribution in [1.82, 2.24) is 0 Å². The summed E-state index contributed by atoms with van der Waals surface area (Å²) in [6.07, 6.45) is 3.17. The van der Waals surface area contributed by atoms with Gasteiger partial charge in [-0.3, -0.25) is 0 Å². The fourth-order valence-corrected chi connectivity index (χ4v) is 1.48. The largest absolute Gasteiger partial charge is 0.478 e. The summed E-state index contributed by atoms with van der Waals surface area (Å²) in [5.41, 5.74) is 1.38. The molecule has 1 aliphatic rings. The van der Waals surface area contributed by atoms with Gasteiger partial charge in [0.1, 0.15) is 0 Å². The van der Waals surface area contributed by atoms with Crippen LogP contribution < -0.4 is 0 Å². The third kappa shape index (κ3) is 2.84. The van der Waals surface area contributed by atoms with Gasteiger partial charge in [0, 0.05) is 12.2 Å². The van der Waals surface area contributed by atoms with Gasteiger partial charge in [0.15, 0.2) is 0 Å². The summed E-state index contributed by atoms with van der Waals surface area (Å²) in [6.45, 7) is 4.34. The lowest BCUT2D eigenvalue weighted by Crippen LogP contribution is -2.08. The van der Waals surface area contributed by atoms with Crippen LogP contribution in [0.2, 0.25) is 0 Å². The molecule has 1 fully saturated rings. The van der Waals surface area contributed by atoms with Gasteiger partial charge >= 0.3 is 5.97 Å². The maximum absolute atomic E-state index is 10.6. The topological polar surface area (TPSA) is 46.5 Å². The fraction of sp³-hybridized carbons (Fsp3) is 0.700. The van der Waals surface area contributed by atoms with Crippen LogP contribution in [0.1, 0.15) is 33.1 Å². The van der Waals surface area contributed by atoms with E-state index in [1.54, 1.807) is 6.92 Å². The normalized spacial score (nSPS) is 24.3. The van der Waals surface area contributed by atoms with E-state index in [0.717, 1.165) is 31.4 Å². The first-order chi connectivity index (χ1) is 6.11. The van der Waals surface area contributed by atoms with E-state index in [1.165, 1.54) is 0 Å². The molecule has 74 valence electrons. The molecule has 0 aliphatic carbocycles. The first kappa shape index (κ1) is 10.3. The second-order valence-corrected chi connectivity index (χ2v) is 3.55. The average molecular weight is 184 g/mol. The van der Waals surface area contributed by atoms with Crippen molar-refractivity contribution in [3.05, 3.63) is 11.1 Å². The van der Waals surface area contributed by atoms with Gasteiger partial charge in [-0.2, -0.15) is 0 Å². The first-order valence-corrected chi connectivity index (χ1v) is 4.62. The Hall–Kier alpha value is -0.830. The van der Waals surface area contributed by atoms with Gasteiger partial charge < -0.3 is 9.84 Å². The number of hydrogen-bond donors (Lipinski definition) is 1. The van der Waals surface area contributed by atoms with Crippen LogP contribution >= 0.6 is 0 Å². The Kier molecular flexibility index (Phi) is 3.48. The summed E-state index contributed by atoms with van der Waals surface area (Å²) in [4.78, 5) is 10.6. The summed E-state index contributed by atoms with van der Waals surface area (Å²) in [6, 6.07) is 0. The highest BCUT2D eigenvalue weighted by atomic mass is 16.5. The maximum atomic E-state index is 10.6. The minimum atomic E-state index is -0.824. The van der Waals surface area contributed by atoms with Crippen molar-refractivity contribution in [2.45, 2.75) is 39.2 Å². The van der Waals surface area contributed by atoms with E-state index in [0.29, 0.717) is 5.57 Å². The zero-order valence-corrected chi connectivity index (χ0v) is 8.17. The predicted octanol–water partition coefficient (Wildman–Crippen LogP) is 1.98. The molecule has 0 aromatic rings. The number of carboxylic acid groups (broad SMARTS) is 1. The SMILES string of the molecule is CC(CC1CCCO1)=C(C)C(=O)O. The molecule has 1 rings (SSSR count). The molecule has 3 nitrogen and oxygen atoms in total. The molecule has 0 spiro atoms. The van der Waals surface area contributed by atoms with Crippen molar-refractivity contribution in [1.29, 1.82) is 0 Å². The molecular formula is C10H16O3. The summed E-state index contributed by atoms with van der Waals surface area (Å²) in [7, 11) is 0. The van der Waals surface area contributed by atoms with Crippen LogP contribution in [0.5, 0.6) is 0 Å². The Morgan fingerprint density at radius 1 is 1.54 bits per heavy atom. The van der Waals surface area contributed by atoms with Gasteiger partial charge in [0.25, 0.3) is 0 Å². The van der Waals surface area contributed by atoms with Gasteiger partial charge in [-0.15, -0.1) is 0 Å². The third-order valence-corrected chi connectivity index (χ3v) is 2.52. The smallest absolute Gasteiger partial charge is 0.331 e. The van der Waals surface area contributed by atoms with Crippen LogP contribution in [-0.4, -0.2) is 23.8 Å². The van der Waals surface area contributed by atoms with E-state index >= 15 is 0 Å². The molecule has 3 heteroatoms. The Morgan fingerprint density at radius 3 is 2.69 bits per heavy atom. The van der Waals surface area contributed by atoms with E-state index in [4.69, 9.17) is 9.84 Å². The Balaban J connectivity index is 2.51. The van der Waals surface area contributed by atoms with Gasteiger partial charge in [0.2, 0.25) is 0 Å². The van der Waals surface area contributed by atoms with E-state index in [9.17, 15) is 4.79 Å². The molecule has 1 saturated heterocycles. The van der Waals surface area contributed by atoms with Crippen LogP contribution in [0, 0.1) is 0 Å². The predicted molar refractivity (Wildman–Crippen MR) is 49.6 cm³/mol. The minimum Gasteiger partial charge on any atom is -0.478 e. The summed E-state index contributed by atoms with van der Waals surface area (Å²) in [5.74, 6) is -0.824. The average Bonchev–Trinajstić information content (AvgIpc) is 2.55. The number of carbonyl (C=O) groups is 1. The van der Waals surface area contributed by atoms with Crippen molar-refractivity contribution in [2.24, 2.45) is 0 Å². The maximum Gasteiger partial charge on any atom is 0.331 e. The van der Waals surface area contributed by atoms with Crippen LogP contribution in [0.15, 0.2) is 11.1 Å². The quantitative estimate of drug-likeness (QED) is 0.682. The van der Waals surface area contributed by atoms with Gasteiger partial charge in [-0.25, -0.2) is 4.79 Å². The number of ether oxygens (including phenoxy) is 1. The van der Waals surface area contributed by atoms with E-state index in [2.05, 4.69) is 0 Å². The molecule has 0 amide bonds. The van der Waals surface area contributed by atoms with E-state index < -0.39 is 5.97 Å². The van der Waals surface area contributed by atoms with Gasteiger partial charge in [0.05, 0.1) is 6.10 Å². The molecule has 0 aromatic heterocycles. The highest BCUT2D eigenvalue weighted by Crippen LogP contribution is 2.21. The number of carboxylic acids is 1. The lowest BCUT2D eigenvalue weighted by atomic mass is 10.0. The van der Waals surface area contributed by atoms with Crippen molar-refractivity contribution < 1.29 is 14.6 Å². The lowest BCUT2D eigenvalue weighted by Gasteiger charge is -2.10. The van der Waals surface area contributed by atoms with Crippen LogP contribution in [0.4, 0.5) is 0 Å². The molecule has 0 saturated carbocycles. The molecule has 1 heterocycles. The monoisotopic (exact) mass is 184 g/mol. The van der Waals surface area contributed by atoms with Crippen molar-refractivity contribution in [2.75, 3.05) is 6.61 Å². The number of aliphatic carboxylic acids is 1. The highest BCUT2D eigenvalue weighted by Gasteiger charge is 2.17. The van der Waals surface area contributed by atoms with Crippen molar-refractivity contribution in [3.63, 3.8) is 0 Å². The molecule has 13 heavy (non-hydrogen) atoms. The molecular weight excluding hydrogens is 168 g/mol. The van der Waals surface area contributed by atoms with E-state index in [-0.39, 0.29) is 6.10 Å². The van der Waals surface area contributed by atoms with Crippen LogP contribution in [0.3, 0.4) is 0 Å². The van der Waals surface area contributed by atoms with Crippen molar-refractivity contribution in [3.8, 4) is 0 Å². The van der Waals surface area contributed by atoms with Gasteiger partial charge in [-0.1, -0.05) is 5.57 Å². The van der Waals surface area contributed by atoms with Crippen molar-refractivity contribution >= 4 is 5.97 Å². The molecule has 1 atom stereocenters. The molecule has 1 N–H and O–H groups in total. The van der Waals surface area contributed by atoms with E-state index in [1.807, 2.05) is 6.92 Å². The number of rotatable bonds is 3. The molecule has 0 bridgehead atoms. The molecule has 0 radical (unpaired) electrons. The lowest BCUT2D eigenvalue weighted by molar-refractivity contribution is -0.132. The summed E-state index contributed by atoms with van der Waals surface area (Å²) < 4.78 is 5.43. The minimum absolute atomic E-state index is 0.245. The summed E-state index contributed by atoms with van der Waals surface area (Å²) >= 11 is 0. The third-order valence-electron chi connectivity index (χ3n) is 2.52. The zero-order valence-electron chi connectivity index (χ0n) is 8.17. The molecule has 1 unspecified atom stereocenters. The van der Waals surface area contributed by atoms with Crippen LogP contribution in [0.25, 0.3) is 0 Å². The number of hydrogen-bond acceptors (Lipinski definition) is 2. The van der Waals surface area contributed by atoms with Gasteiger partial charge in [-0.05, 0) is 33.1 Å². The molecule has 1 aliphatic heterocycles. The second kappa shape index (κ2) is 4.42. The Morgan fingerprint density at radius 2 is 2.23 bits per heavy atom. The van der Waals surface area contributed by atoms with Crippen LogP contribution in [-0.2, 0) is 9.53 Å². The molecule has 0 aromatic carbocycles. The zero-order chi connectivity index (χ0) is 9.84. The Bertz CT molecular complexity index is 224.